The van der Waals surface area contributed by atoms with Crippen LogP contribution in [-0.4, -0.2) is 60.2 Å². The number of halogens is 1. The number of ether oxygens (including phenoxy) is 1. The molecule has 2 aliphatic heterocycles. The maximum Gasteiger partial charge on any atom is 0.410 e. The number of amides is 2. The topological polar surface area (TPSA) is 101 Å². The van der Waals surface area contributed by atoms with Gasteiger partial charge in [0.1, 0.15) is 16.6 Å². The second kappa shape index (κ2) is 10.2. The summed E-state index contributed by atoms with van der Waals surface area (Å²) in [6, 6.07) is 15.9. The Morgan fingerprint density at radius 1 is 0.974 bits per heavy atom. The number of aromatic nitrogens is 1. The molecule has 2 amide bonds. The summed E-state index contributed by atoms with van der Waals surface area (Å²) in [6.45, 7) is 8.92. The zero-order valence-electron chi connectivity index (χ0n) is 21.9. The maximum atomic E-state index is 12.4. The van der Waals surface area contributed by atoms with Gasteiger partial charge in [-0.15, -0.1) is 0 Å². The molecule has 38 heavy (non-hydrogen) atoms. The number of rotatable bonds is 3. The van der Waals surface area contributed by atoms with Crippen LogP contribution in [0.2, 0.25) is 5.15 Å². The minimum atomic E-state index is -0.501. The average Bonchev–Trinajstić information content (AvgIpc) is 2.88. The number of anilines is 2. The minimum Gasteiger partial charge on any atom is -0.444 e. The van der Waals surface area contributed by atoms with Crippen LogP contribution in [0.25, 0.3) is 22.3 Å². The normalized spacial score (nSPS) is 15.6. The number of pyridine rings is 1. The van der Waals surface area contributed by atoms with Crippen LogP contribution in [0.3, 0.4) is 0 Å². The summed E-state index contributed by atoms with van der Waals surface area (Å²) in [5, 5.41) is 3.21. The van der Waals surface area contributed by atoms with Gasteiger partial charge in [0, 0.05) is 55.1 Å². The molecule has 2 aliphatic rings. The van der Waals surface area contributed by atoms with E-state index in [1.165, 1.54) is 0 Å². The van der Waals surface area contributed by atoms with E-state index < -0.39 is 5.60 Å². The molecule has 1 saturated heterocycles. The zero-order chi connectivity index (χ0) is 27.0. The van der Waals surface area contributed by atoms with Crippen molar-refractivity contribution >= 4 is 35.1 Å². The number of carbonyl (C=O) groups is 2. The summed E-state index contributed by atoms with van der Waals surface area (Å²) in [4.78, 5) is 32.9. The molecule has 0 radical (unpaired) electrons. The van der Waals surface area contributed by atoms with Gasteiger partial charge < -0.3 is 25.6 Å². The third-order valence-corrected chi connectivity index (χ3v) is 7.11. The molecule has 0 saturated carbocycles. The fraction of sp³-hybridized carbons (Fsp3) is 0.345. The number of fused-ring (bicyclic) bond motifs is 1. The van der Waals surface area contributed by atoms with Gasteiger partial charge in [-0.25, -0.2) is 9.78 Å². The summed E-state index contributed by atoms with van der Waals surface area (Å²) in [7, 11) is 0. The van der Waals surface area contributed by atoms with Gasteiger partial charge in [-0.2, -0.15) is 0 Å². The first-order chi connectivity index (χ1) is 18.1. The van der Waals surface area contributed by atoms with Crippen LogP contribution in [0.1, 0.15) is 36.7 Å². The molecule has 2 aromatic carbocycles. The van der Waals surface area contributed by atoms with Crippen LogP contribution < -0.4 is 16.0 Å². The lowest BCUT2D eigenvalue weighted by Gasteiger charge is -2.36. The third kappa shape index (κ3) is 5.41. The summed E-state index contributed by atoms with van der Waals surface area (Å²) in [6.07, 6.45) is 0.506. The molecule has 1 aromatic heterocycles. The van der Waals surface area contributed by atoms with E-state index in [9.17, 15) is 9.59 Å². The minimum absolute atomic E-state index is 0.0490. The molecule has 5 rings (SSSR count). The molecular formula is C29H32ClN5O3. The van der Waals surface area contributed by atoms with Crippen molar-refractivity contribution in [2.45, 2.75) is 32.8 Å². The number of nitrogens with one attached hydrogen (secondary N) is 1. The first-order valence-electron chi connectivity index (χ1n) is 12.8. The van der Waals surface area contributed by atoms with Crippen LogP contribution in [0, 0.1) is 0 Å². The van der Waals surface area contributed by atoms with Crippen LogP contribution in [0.4, 0.5) is 16.3 Å². The molecule has 1 fully saturated rings. The standard InChI is InChI=1S/C29H32ClN5O3/c1-29(2,3)38-28(37)35-14-12-34(13-15-35)21-7-4-18(5-8-21)23-17-24(26(31)33-25(23)30)19-6-9-22-20(16-19)10-11-32-27(22)36/h4-9,16-17H,10-15H2,1-3H3,(H2,31,33)(H,32,36). The summed E-state index contributed by atoms with van der Waals surface area (Å²) in [5.74, 6) is 0.297. The Bertz CT molecular complexity index is 1380. The van der Waals surface area contributed by atoms with Crippen LogP contribution in [0.15, 0.2) is 48.5 Å². The summed E-state index contributed by atoms with van der Waals surface area (Å²) >= 11 is 6.53. The molecular weight excluding hydrogens is 502 g/mol. The number of nitrogens with zero attached hydrogens (tertiary/aromatic N) is 3. The van der Waals surface area contributed by atoms with Crippen molar-refractivity contribution in [2.24, 2.45) is 0 Å². The van der Waals surface area contributed by atoms with Crippen molar-refractivity contribution in [1.29, 1.82) is 0 Å². The van der Waals surface area contributed by atoms with Crippen molar-refractivity contribution in [3.8, 4) is 22.3 Å². The highest BCUT2D eigenvalue weighted by molar-refractivity contribution is 6.32. The molecule has 198 valence electrons. The van der Waals surface area contributed by atoms with Gasteiger partial charge in [-0.05, 0) is 68.1 Å². The molecule has 9 heteroatoms. The fourth-order valence-corrected chi connectivity index (χ4v) is 5.11. The van der Waals surface area contributed by atoms with Crippen LogP contribution >= 0.6 is 11.6 Å². The van der Waals surface area contributed by atoms with Crippen molar-refractivity contribution in [3.05, 3.63) is 64.8 Å². The first kappa shape index (κ1) is 25.9. The van der Waals surface area contributed by atoms with Gasteiger partial charge >= 0.3 is 6.09 Å². The highest BCUT2D eigenvalue weighted by Gasteiger charge is 2.26. The van der Waals surface area contributed by atoms with Crippen molar-refractivity contribution in [2.75, 3.05) is 43.4 Å². The molecule has 0 unspecified atom stereocenters. The van der Waals surface area contributed by atoms with Gasteiger partial charge in [-0.3, -0.25) is 4.79 Å². The number of benzene rings is 2. The Balaban J connectivity index is 1.33. The quantitative estimate of drug-likeness (QED) is 0.460. The molecule has 3 heterocycles. The van der Waals surface area contributed by atoms with E-state index in [-0.39, 0.29) is 12.0 Å². The number of hydrogen-bond donors (Lipinski definition) is 2. The van der Waals surface area contributed by atoms with E-state index >= 15 is 0 Å². The van der Waals surface area contributed by atoms with Gasteiger partial charge in [0.25, 0.3) is 5.91 Å². The Kier molecular flexibility index (Phi) is 6.92. The molecule has 0 aliphatic carbocycles. The summed E-state index contributed by atoms with van der Waals surface area (Å²) < 4.78 is 5.50. The summed E-state index contributed by atoms with van der Waals surface area (Å²) in [5.41, 5.74) is 11.9. The zero-order valence-corrected chi connectivity index (χ0v) is 22.6. The molecule has 3 aromatic rings. The van der Waals surface area contributed by atoms with Crippen molar-refractivity contribution in [3.63, 3.8) is 0 Å². The maximum absolute atomic E-state index is 12.4. The molecule has 0 spiro atoms. The Morgan fingerprint density at radius 2 is 1.66 bits per heavy atom. The number of hydrogen-bond acceptors (Lipinski definition) is 6. The number of piperazine rings is 1. The first-order valence-corrected chi connectivity index (χ1v) is 13.2. The van der Waals surface area contributed by atoms with Crippen molar-refractivity contribution < 1.29 is 14.3 Å². The fourth-order valence-electron chi connectivity index (χ4n) is 4.86. The number of nitrogens with two attached hydrogens (primary N) is 1. The lowest BCUT2D eigenvalue weighted by molar-refractivity contribution is 0.0240. The SMILES string of the molecule is CC(C)(C)OC(=O)N1CCN(c2ccc(-c3cc(-c4ccc5c(c4)CCNC5=O)c(N)nc3Cl)cc2)CC1. The molecule has 0 bridgehead atoms. The molecule has 3 N–H and O–H groups in total. The predicted molar refractivity (Wildman–Crippen MR) is 151 cm³/mol. The Morgan fingerprint density at radius 3 is 2.34 bits per heavy atom. The number of nitrogen functional groups attached to an aromatic ring is 1. The average molecular weight is 534 g/mol. The van der Waals surface area contributed by atoms with Gasteiger partial charge in [0.05, 0.1) is 0 Å². The third-order valence-electron chi connectivity index (χ3n) is 6.82. The van der Waals surface area contributed by atoms with E-state index in [0.717, 1.165) is 53.0 Å². The highest BCUT2D eigenvalue weighted by Crippen LogP contribution is 2.36. The van der Waals surface area contributed by atoms with E-state index in [2.05, 4.69) is 27.3 Å². The van der Waals surface area contributed by atoms with E-state index in [4.69, 9.17) is 22.1 Å². The second-order valence-corrected chi connectivity index (χ2v) is 11.0. The number of carbonyl (C=O) groups excluding carboxylic acids is 2. The van der Waals surface area contributed by atoms with Gasteiger partial charge in [0.2, 0.25) is 0 Å². The molecule has 0 atom stereocenters. The van der Waals surface area contributed by atoms with Gasteiger partial charge in [-0.1, -0.05) is 35.9 Å². The largest absolute Gasteiger partial charge is 0.444 e. The van der Waals surface area contributed by atoms with E-state index in [0.29, 0.717) is 36.2 Å². The van der Waals surface area contributed by atoms with E-state index in [1.807, 2.05) is 57.2 Å². The van der Waals surface area contributed by atoms with Crippen LogP contribution in [-0.2, 0) is 11.2 Å². The highest BCUT2D eigenvalue weighted by atomic mass is 35.5. The lowest BCUT2D eigenvalue weighted by Crippen LogP contribution is -2.50. The van der Waals surface area contributed by atoms with E-state index in [1.54, 1.807) is 4.90 Å². The lowest BCUT2D eigenvalue weighted by atomic mass is 9.94. The Hall–Kier alpha value is -3.78. The van der Waals surface area contributed by atoms with Crippen LogP contribution in [0.5, 0.6) is 0 Å². The Labute approximate surface area is 227 Å². The predicted octanol–water partition coefficient (Wildman–Crippen LogP) is 4.99. The molecule has 8 nitrogen and oxygen atoms in total. The van der Waals surface area contributed by atoms with Gasteiger partial charge in [0.15, 0.2) is 0 Å². The monoisotopic (exact) mass is 533 g/mol. The van der Waals surface area contributed by atoms with Crippen molar-refractivity contribution in [1.82, 2.24) is 15.2 Å². The second-order valence-electron chi connectivity index (χ2n) is 10.6. The smallest absolute Gasteiger partial charge is 0.410 e.